The molecule has 0 aromatic heterocycles. The Morgan fingerprint density at radius 2 is 2.22 bits per heavy atom. The zero-order valence-corrected chi connectivity index (χ0v) is 11.4. The fraction of sp³-hybridized carbons (Fsp3) is 0.800. The first-order valence-corrected chi connectivity index (χ1v) is 7.05. The molecule has 0 aromatic carbocycles. The summed E-state index contributed by atoms with van der Waals surface area (Å²) in [6.45, 7) is 6.33. The molecule has 0 N–H and O–H groups in total. The molecule has 100 valence electrons. The topological polar surface area (TPSA) is 38.8 Å². The van der Waals surface area contributed by atoms with Crippen molar-refractivity contribution in [1.29, 1.82) is 0 Å². The Labute approximate surface area is 109 Å². The van der Waals surface area contributed by atoms with Gasteiger partial charge in [0, 0.05) is 5.92 Å². The van der Waals surface area contributed by atoms with Gasteiger partial charge in [0.25, 0.3) is 0 Å². The van der Waals surface area contributed by atoms with Gasteiger partial charge in [-0.1, -0.05) is 18.6 Å². The van der Waals surface area contributed by atoms with Gasteiger partial charge in [-0.05, 0) is 39.5 Å². The normalized spacial score (nSPS) is 50.6. The molecule has 0 saturated carbocycles. The van der Waals surface area contributed by atoms with E-state index in [9.17, 15) is 4.79 Å². The second-order valence-electron chi connectivity index (χ2n) is 6.33. The highest BCUT2D eigenvalue weighted by Crippen LogP contribution is 2.50. The van der Waals surface area contributed by atoms with Crippen LogP contribution in [0, 0.1) is 11.8 Å². The Bertz CT molecular complexity index is 401. The average Bonchev–Trinajstić information content (AvgIpc) is 2.90. The molecule has 2 heterocycles. The number of carbonyl (C=O) groups is 1. The fourth-order valence-electron chi connectivity index (χ4n) is 3.46. The molecule has 18 heavy (non-hydrogen) atoms. The molecular formula is C15H22O3. The lowest BCUT2D eigenvalue weighted by molar-refractivity contribution is -0.144. The van der Waals surface area contributed by atoms with Crippen LogP contribution < -0.4 is 0 Å². The summed E-state index contributed by atoms with van der Waals surface area (Å²) in [5, 5.41) is 0. The van der Waals surface area contributed by atoms with Crippen LogP contribution in [0.15, 0.2) is 11.6 Å². The van der Waals surface area contributed by atoms with Crippen LogP contribution in [0.2, 0.25) is 0 Å². The molecule has 3 nitrogen and oxygen atoms in total. The summed E-state index contributed by atoms with van der Waals surface area (Å²) in [5.41, 5.74) is 1.37. The number of epoxide rings is 1. The lowest BCUT2D eigenvalue weighted by atomic mass is 9.81. The van der Waals surface area contributed by atoms with Crippen molar-refractivity contribution in [3.8, 4) is 0 Å². The number of fused-ring (bicyclic) bond motifs is 3. The third kappa shape index (κ3) is 1.89. The van der Waals surface area contributed by atoms with E-state index in [0.29, 0.717) is 5.92 Å². The molecule has 2 aliphatic heterocycles. The summed E-state index contributed by atoms with van der Waals surface area (Å²) in [7, 11) is 0. The standard InChI is InChI=1S/C15H22O3/c1-9-5-4-8-15(3)13(18-15)12-11(7-6-9)10(2)14(16)17-12/h5,10-13H,4,6-8H2,1-3H3/b9-5+/t10-,11?,12-,13?,15+/m0/s1. The van der Waals surface area contributed by atoms with Crippen molar-refractivity contribution in [3.05, 3.63) is 11.6 Å². The summed E-state index contributed by atoms with van der Waals surface area (Å²) in [4.78, 5) is 11.8. The monoisotopic (exact) mass is 250 g/mol. The van der Waals surface area contributed by atoms with Gasteiger partial charge in [-0.15, -0.1) is 0 Å². The van der Waals surface area contributed by atoms with Gasteiger partial charge in [0.1, 0.15) is 12.2 Å². The first-order chi connectivity index (χ1) is 8.51. The number of carbonyl (C=O) groups excluding carboxylic acids is 1. The van der Waals surface area contributed by atoms with Gasteiger partial charge in [0.05, 0.1) is 11.5 Å². The molecule has 0 aromatic rings. The van der Waals surface area contributed by atoms with Crippen LogP contribution >= 0.6 is 0 Å². The van der Waals surface area contributed by atoms with Crippen molar-refractivity contribution in [1.82, 2.24) is 0 Å². The van der Waals surface area contributed by atoms with Gasteiger partial charge in [0.2, 0.25) is 0 Å². The van der Waals surface area contributed by atoms with E-state index in [4.69, 9.17) is 9.47 Å². The lowest BCUT2D eigenvalue weighted by Gasteiger charge is -2.20. The summed E-state index contributed by atoms with van der Waals surface area (Å²) < 4.78 is 11.5. The minimum Gasteiger partial charge on any atom is -0.459 e. The van der Waals surface area contributed by atoms with Gasteiger partial charge >= 0.3 is 5.97 Å². The summed E-state index contributed by atoms with van der Waals surface area (Å²) in [6.07, 6.45) is 6.66. The van der Waals surface area contributed by atoms with Crippen molar-refractivity contribution in [2.45, 2.75) is 64.3 Å². The quantitative estimate of drug-likeness (QED) is 0.377. The van der Waals surface area contributed by atoms with Crippen LogP contribution in [-0.2, 0) is 14.3 Å². The zero-order valence-electron chi connectivity index (χ0n) is 11.4. The third-order valence-electron chi connectivity index (χ3n) is 4.93. The van der Waals surface area contributed by atoms with Crippen LogP contribution in [-0.4, -0.2) is 23.8 Å². The van der Waals surface area contributed by atoms with Crippen molar-refractivity contribution in [2.75, 3.05) is 0 Å². The predicted octanol–water partition coefficient (Wildman–Crippen LogP) is 2.84. The first-order valence-electron chi connectivity index (χ1n) is 7.05. The second-order valence-corrected chi connectivity index (χ2v) is 6.33. The number of rotatable bonds is 0. The molecule has 3 rings (SSSR count). The van der Waals surface area contributed by atoms with Gasteiger partial charge < -0.3 is 9.47 Å². The summed E-state index contributed by atoms with van der Waals surface area (Å²) >= 11 is 0. The Hall–Kier alpha value is -0.830. The molecule has 2 unspecified atom stereocenters. The Balaban J connectivity index is 1.85. The maximum atomic E-state index is 11.8. The zero-order chi connectivity index (χ0) is 12.9. The molecule has 5 atom stereocenters. The van der Waals surface area contributed by atoms with E-state index in [2.05, 4.69) is 19.9 Å². The van der Waals surface area contributed by atoms with Crippen LogP contribution in [0.5, 0.6) is 0 Å². The van der Waals surface area contributed by atoms with Crippen LogP contribution in [0.25, 0.3) is 0 Å². The summed E-state index contributed by atoms with van der Waals surface area (Å²) in [5.74, 6) is 0.310. The number of ether oxygens (including phenoxy) is 2. The van der Waals surface area contributed by atoms with E-state index >= 15 is 0 Å². The van der Waals surface area contributed by atoms with Gasteiger partial charge in [-0.2, -0.15) is 0 Å². The van der Waals surface area contributed by atoms with E-state index < -0.39 is 0 Å². The number of hydrogen-bond acceptors (Lipinski definition) is 3. The molecule has 0 radical (unpaired) electrons. The van der Waals surface area contributed by atoms with Crippen molar-refractivity contribution >= 4 is 5.97 Å². The van der Waals surface area contributed by atoms with Crippen LogP contribution in [0.3, 0.4) is 0 Å². The average molecular weight is 250 g/mol. The maximum Gasteiger partial charge on any atom is 0.309 e. The van der Waals surface area contributed by atoms with E-state index in [0.717, 1.165) is 25.7 Å². The molecule has 3 aliphatic rings. The lowest BCUT2D eigenvalue weighted by Crippen LogP contribution is -2.29. The van der Waals surface area contributed by atoms with E-state index in [1.165, 1.54) is 5.57 Å². The molecule has 2 fully saturated rings. The molecule has 0 amide bonds. The number of hydrogen-bond donors (Lipinski definition) is 0. The number of allylic oxidation sites excluding steroid dienone is 2. The third-order valence-corrected chi connectivity index (χ3v) is 4.93. The first kappa shape index (κ1) is 12.2. The van der Waals surface area contributed by atoms with E-state index in [1.54, 1.807) is 0 Å². The van der Waals surface area contributed by atoms with Gasteiger partial charge in [-0.25, -0.2) is 0 Å². The second kappa shape index (κ2) is 4.09. The maximum absolute atomic E-state index is 11.8. The highest BCUT2D eigenvalue weighted by molar-refractivity contribution is 5.75. The molecule has 1 aliphatic carbocycles. The van der Waals surface area contributed by atoms with Crippen LogP contribution in [0.1, 0.15) is 46.5 Å². The molecule has 2 saturated heterocycles. The largest absolute Gasteiger partial charge is 0.459 e. The predicted molar refractivity (Wildman–Crippen MR) is 68.0 cm³/mol. The van der Waals surface area contributed by atoms with Crippen molar-refractivity contribution < 1.29 is 14.3 Å². The fourth-order valence-corrected chi connectivity index (χ4v) is 3.46. The molecular weight excluding hydrogens is 228 g/mol. The van der Waals surface area contributed by atoms with Crippen molar-refractivity contribution in [3.63, 3.8) is 0 Å². The smallest absolute Gasteiger partial charge is 0.309 e. The van der Waals surface area contributed by atoms with E-state index in [1.807, 2.05) is 6.92 Å². The minimum absolute atomic E-state index is 0.0107. The Morgan fingerprint density at radius 3 is 3.00 bits per heavy atom. The number of esters is 1. The minimum atomic E-state index is -0.0681. The van der Waals surface area contributed by atoms with E-state index in [-0.39, 0.29) is 29.7 Å². The highest BCUT2D eigenvalue weighted by atomic mass is 16.6. The Morgan fingerprint density at radius 1 is 1.44 bits per heavy atom. The molecule has 0 bridgehead atoms. The molecule has 0 spiro atoms. The van der Waals surface area contributed by atoms with Crippen LogP contribution in [0.4, 0.5) is 0 Å². The summed E-state index contributed by atoms with van der Waals surface area (Å²) in [6, 6.07) is 0. The Kier molecular flexibility index (Phi) is 2.77. The molecule has 3 heteroatoms. The van der Waals surface area contributed by atoms with Gasteiger partial charge in [-0.3, -0.25) is 4.79 Å². The highest BCUT2D eigenvalue weighted by Gasteiger charge is 2.61. The van der Waals surface area contributed by atoms with Gasteiger partial charge in [0.15, 0.2) is 0 Å². The SMILES string of the molecule is C/C1=C\CC[C@@]2(C)OC2[C@H]2OC(=O)[C@@H](C)C2CC1. The van der Waals surface area contributed by atoms with Crippen molar-refractivity contribution in [2.24, 2.45) is 11.8 Å².